The summed E-state index contributed by atoms with van der Waals surface area (Å²) < 4.78 is 6.87. The summed E-state index contributed by atoms with van der Waals surface area (Å²) in [5.74, 6) is 0.670. The predicted molar refractivity (Wildman–Crippen MR) is 81.6 cm³/mol. The monoisotopic (exact) mass is 324 g/mol. The molecule has 2 heterocycles. The van der Waals surface area contributed by atoms with Crippen LogP contribution in [0, 0.1) is 0 Å². The summed E-state index contributed by atoms with van der Waals surface area (Å²) in [4.78, 5) is 15.7. The number of anilines is 1. The van der Waals surface area contributed by atoms with Gasteiger partial charge in [0, 0.05) is 26.5 Å². The largest absolute Gasteiger partial charge is 0.385 e. The van der Waals surface area contributed by atoms with Crippen LogP contribution in [0.1, 0.15) is 12.2 Å². The molecule has 0 atom stereocenters. The Morgan fingerprint density at radius 2 is 2.36 bits per heavy atom. The minimum atomic E-state index is -0.388. The molecule has 0 radical (unpaired) electrons. The van der Waals surface area contributed by atoms with Crippen LogP contribution in [0.15, 0.2) is 24.7 Å². The molecule has 118 valence electrons. The van der Waals surface area contributed by atoms with E-state index in [2.05, 4.69) is 25.8 Å². The van der Waals surface area contributed by atoms with Crippen molar-refractivity contribution in [3.05, 3.63) is 35.6 Å². The van der Waals surface area contributed by atoms with Gasteiger partial charge in [0.1, 0.15) is 6.33 Å². The zero-order valence-corrected chi connectivity index (χ0v) is 12.9. The van der Waals surface area contributed by atoms with Gasteiger partial charge < -0.3 is 19.9 Å². The fourth-order valence-electron chi connectivity index (χ4n) is 1.79. The van der Waals surface area contributed by atoms with Gasteiger partial charge in [-0.1, -0.05) is 11.6 Å². The standard InChI is InChI=1S/C13H17ClN6O2/c1-22-7-3-6-20-9-17-19-11(20)8-16-13(21)18-10-4-2-5-15-12(10)14/h2,4-5,9H,3,6-8H2,1H3,(H2,16,18,21). The molecule has 0 aromatic carbocycles. The Bertz CT molecular complexity index is 618. The van der Waals surface area contributed by atoms with E-state index in [4.69, 9.17) is 16.3 Å². The number of carbonyl (C=O) groups excluding carboxylic acids is 1. The van der Waals surface area contributed by atoms with E-state index in [0.29, 0.717) is 18.1 Å². The molecule has 0 bridgehead atoms. The van der Waals surface area contributed by atoms with Crippen molar-refractivity contribution in [3.8, 4) is 0 Å². The maximum Gasteiger partial charge on any atom is 0.319 e. The number of carbonyl (C=O) groups is 1. The topological polar surface area (TPSA) is 94.0 Å². The van der Waals surface area contributed by atoms with Crippen molar-refractivity contribution in [2.24, 2.45) is 0 Å². The number of hydrogen-bond donors (Lipinski definition) is 2. The molecule has 2 N–H and O–H groups in total. The van der Waals surface area contributed by atoms with Crippen molar-refractivity contribution in [2.75, 3.05) is 19.0 Å². The van der Waals surface area contributed by atoms with E-state index in [9.17, 15) is 4.79 Å². The van der Waals surface area contributed by atoms with E-state index in [1.165, 1.54) is 0 Å². The van der Waals surface area contributed by atoms with Crippen LogP contribution >= 0.6 is 11.6 Å². The van der Waals surface area contributed by atoms with Crippen molar-refractivity contribution in [1.82, 2.24) is 25.1 Å². The van der Waals surface area contributed by atoms with E-state index < -0.39 is 0 Å². The third-order valence-corrected chi connectivity index (χ3v) is 3.16. The molecule has 0 unspecified atom stereocenters. The van der Waals surface area contributed by atoms with Crippen LogP contribution in [0.5, 0.6) is 0 Å². The summed E-state index contributed by atoms with van der Waals surface area (Å²) in [6, 6.07) is 2.97. The molecule has 0 saturated heterocycles. The second kappa shape index (κ2) is 8.30. The quantitative estimate of drug-likeness (QED) is 0.597. The fourth-order valence-corrected chi connectivity index (χ4v) is 1.95. The lowest BCUT2D eigenvalue weighted by Gasteiger charge is -2.09. The minimum absolute atomic E-state index is 0.236. The molecule has 0 aliphatic carbocycles. The predicted octanol–water partition coefficient (Wildman–Crippen LogP) is 1.68. The average molecular weight is 325 g/mol. The molecular formula is C13H17ClN6O2. The molecule has 0 saturated carbocycles. The zero-order chi connectivity index (χ0) is 15.8. The van der Waals surface area contributed by atoms with Crippen LogP contribution in [0.2, 0.25) is 5.15 Å². The van der Waals surface area contributed by atoms with Crippen LogP contribution in [-0.2, 0) is 17.8 Å². The number of urea groups is 1. The number of halogens is 1. The van der Waals surface area contributed by atoms with E-state index in [1.54, 1.807) is 31.8 Å². The van der Waals surface area contributed by atoms with Crippen molar-refractivity contribution in [1.29, 1.82) is 0 Å². The molecule has 0 aliphatic rings. The Morgan fingerprint density at radius 3 is 3.14 bits per heavy atom. The third kappa shape index (κ3) is 4.68. The van der Waals surface area contributed by atoms with Gasteiger partial charge in [-0.15, -0.1) is 10.2 Å². The van der Waals surface area contributed by atoms with Gasteiger partial charge in [-0.25, -0.2) is 9.78 Å². The van der Waals surface area contributed by atoms with Crippen molar-refractivity contribution < 1.29 is 9.53 Å². The van der Waals surface area contributed by atoms with Crippen LogP contribution < -0.4 is 10.6 Å². The summed E-state index contributed by atoms with van der Waals surface area (Å²) in [7, 11) is 1.66. The van der Waals surface area contributed by atoms with Crippen LogP contribution in [0.3, 0.4) is 0 Å². The number of pyridine rings is 1. The molecule has 2 aromatic heterocycles. The van der Waals surface area contributed by atoms with Crippen LogP contribution in [-0.4, -0.2) is 39.5 Å². The van der Waals surface area contributed by atoms with Gasteiger partial charge in [0.05, 0.1) is 12.2 Å². The van der Waals surface area contributed by atoms with Gasteiger partial charge in [0.15, 0.2) is 11.0 Å². The van der Waals surface area contributed by atoms with Gasteiger partial charge in [0.25, 0.3) is 0 Å². The maximum absolute atomic E-state index is 11.8. The Morgan fingerprint density at radius 1 is 1.50 bits per heavy atom. The van der Waals surface area contributed by atoms with Crippen LogP contribution in [0.25, 0.3) is 0 Å². The molecule has 0 fully saturated rings. The first kappa shape index (κ1) is 16.2. The summed E-state index contributed by atoms with van der Waals surface area (Å²) >= 11 is 5.87. The number of aromatic nitrogens is 4. The summed E-state index contributed by atoms with van der Waals surface area (Å²) in [6.07, 6.45) is 4.02. The molecule has 8 nitrogen and oxygen atoms in total. The highest BCUT2D eigenvalue weighted by molar-refractivity contribution is 6.32. The number of ether oxygens (including phenoxy) is 1. The second-order valence-corrected chi connectivity index (χ2v) is 4.79. The number of hydrogen-bond acceptors (Lipinski definition) is 5. The lowest BCUT2D eigenvalue weighted by molar-refractivity contribution is 0.190. The number of methoxy groups -OCH3 is 1. The zero-order valence-electron chi connectivity index (χ0n) is 12.1. The Labute approximate surface area is 132 Å². The highest BCUT2D eigenvalue weighted by Crippen LogP contribution is 2.16. The Balaban J connectivity index is 1.84. The van der Waals surface area contributed by atoms with E-state index in [-0.39, 0.29) is 17.7 Å². The first-order chi connectivity index (χ1) is 10.7. The number of amides is 2. The summed E-state index contributed by atoms with van der Waals surface area (Å²) in [5.41, 5.74) is 0.447. The van der Waals surface area contributed by atoms with Crippen molar-refractivity contribution in [2.45, 2.75) is 19.5 Å². The Hall–Kier alpha value is -2.19. The summed E-state index contributed by atoms with van der Waals surface area (Å²) in [5, 5.41) is 13.4. The third-order valence-electron chi connectivity index (χ3n) is 2.86. The van der Waals surface area contributed by atoms with Gasteiger partial charge in [-0.05, 0) is 18.6 Å². The van der Waals surface area contributed by atoms with Gasteiger partial charge in [-0.2, -0.15) is 0 Å². The number of aryl methyl sites for hydroxylation is 1. The van der Waals surface area contributed by atoms with Crippen molar-refractivity contribution in [3.63, 3.8) is 0 Å². The first-order valence-corrected chi connectivity index (χ1v) is 7.09. The average Bonchev–Trinajstić information content (AvgIpc) is 2.95. The highest BCUT2D eigenvalue weighted by Gasteiger charge is 2.08. The maximum atomic E-state index is 11.8. The van der Waals surface area contributed by atoms with Crippen LogP contribution in [0.4, 0.5) is 10.5 Å². The highest BCUT2D eigenvalue weighted by atomic mass is 35.5. The lowest BCUT2D eigenvalue weighted by Crippen LogP contribution is -2.29. The first-order valence-electron chi connectivity index (χ1n) is 6.71. The van der Waals surface area contributed by atoms with Gasteiger partial charge in [-0.3, -0.25) is 0 Å². The lowest BCUT2D eigenvalue weighted by atomic mass is 10.4. The molecule has 2 rings (SSSR count). The SMILES string of the molecule is COCCCn1cnnc1CNC(=O)Nc1cccnc1Cl. The summed E-state index contributed by atoms with van der Waals surface area (Å²) in [6.45, 7) is 1.65. The number of nitrogens with one attached hydrogen (secondary N) is 2. The second-order valence-electron chi connectivity index (χ2n) is 4.44. The normalized spacial score (nSPS) is 10.5. The molecule has 9 heteroatoms. The van der Waals surface area contributed by atoms with E-state index in [1.807, 2.05) is 4.57 Å². The number of rotatable bonds is 7. The van der Waals surface area contributed by atoms with E-state index in [0.717, 1.165) is 13.0 Å². The smallest absolute Gasteiger partial charge is 0.319 e. The Kier molecular flexibility index (Phi) is 6.11. The molecule has 2 aromatic rings. The molecule has 22 heavy (non-hydrogen) atoms. The van der Waals surface area contributed by atoms with E-state index >= 15 is 0 Å². The molecular weight excluding hydrogens is 308 g/mol. The van der Waals surface area contributed by atoms with Gasteiger partial charge >= 0.3 is 6.03 Å². The number of nitrogens with zero attached hydrogens (tertiary/aromatic N) is 4. The van der Waals surface area contributed by atoms with Gasteiger partial charge in [0.2, 0.25) is 0 Å². The minimum Gasteiger partial charge on any atom is -0.385 e. The molecule has 2 amide bonds. The molecule has 0 aliphatic heterocycles. The molecule has 0 spiro atoms. The fraction of sp³-hybridized carbons (Fsp3) is 0.385. The van der Waals surface area contributed by atoms with Crippen molar-refractivity contribution >= 4 is 23.3 Å².